The Balaban J connectivity index is 0.000000425. The van der Waals surface area contributed by atoms with Gasteiger partial charge in [-0.15, -0.1) is 6.54 Å². The minimum atomic E-state index is -0.240. The van der Waals surface area contributed by atoms with E-state index in [2.05, 4.69) is 5.32 Å². The number of ether oxygens (including phenoxy) is 1. The maximum Gasteiger partial charge on any atom is 0.255 e. The quantitative estimate of drug-likeness (QED) is 0.718. The number of hydrogen-bond donors (Lipinski definition) is 3. The SMILES string of the molecule is CCNC(=O)c1ccccc1O.COc1cccc(C[NH-])c1O.[Mn]. The molecule has 0 unspecified atom stereocenters. The number of benzene rings is 2. The van der Waals surface area contributed by atoms with Crippen molar-refractivity contribution in [3.05, 3.63) is 59.3 Å². The standard InChI is InChI=1S/C9H11NO2.C8H10NO2.Mn/c1-2-10-9(12)7-5-3-4-6-8(7)11;1-11-7-4-2-3-6(5-9)8(7)10;/h3-6,11H,2H2,1H3,(H,10,12);2-4,9-10H,5H2,1H3;/q;-1;. The number of phenolic OH excluding ortho intramolecular Hbond substituents is 2. The molecule has 6 nitrogen and oxygen atoms in total. The van der Waals surface area contributed by atoms with E-state index in [1.165, 1.54) is 13.2 Å². The van der Waals surface area contributed by atoms with E-state index in [-0.39, 0.29) is 41.0 Å². The molecule has 0 heterocycles. The zero-order valence-corrected chi connectivity index (χ0v) is 14.7. The topological polar surface area (TPSA) is 103 Å². The molecule has 7 heteroatoms. The van der Waals surface area contributed by atoms with Crippen molar-refractivity contribution in [1.82, 2.24) is 5.32 Å². The van der Waals surface area contributed by atoms with Crippen LogP contribution >= 0.6 is 0 Å². The van der Waals surface area contributed by atoms with Crippen molar-refractivity contribution in [3.8, 4) is 17.2 Å². The third-order valence-corrected chi connectivity index (χ3v) is 2.98. The van der Waals surface area contributed by atoms with Crippen molar-refractivity contribution in [2.45, 2.75) is 13.5 Å². The van der Waals surface area contributed by atoms with Gasteiger partial charge in [-0.1, -0.05) is 24.3 Å². The summed E-state index contributed by atoms with van der Waals surface area (Å²) in [6, 6.07) is 11.6. The van der Waals surface area contributed by atoms with E-state index in [1.807, 2.05) is 6.92 Å². The summed E-state index contributed by atoms with van der Waals surface area (Å²) in [6.45, 7) is 2.47. The minimum absolute atomic E-state index is 0. The first-order valence-corrected chi connectivity index (χ1v) is 7.10. The summed E-state index contributed by atoms with van der Waals surface area (Å²) < 4.78 is 4.85. The number of phenols is 2. The van der Waals surface area contributed by atoms with Crippen molar-refractivity contribution in [2.24, 2.45) is 0 Å². The van der Waals surface area contributed by atoms with Crippen molar-refractivity contribution >= 4 is 5.91 Å². The first-order chi connectivity index (χ1) is 11.0. The van der Waals surface area contributed by atoms with Crippen molar-refractivity contribution in [2.75, 3.05) is 13.7 Å². The van der Waals surface area contributed by atoms with Crippen LogP contribution in [-0.4, -0.2) is 29.8 Å². The number of carbonyl (C=O) groups is 1. The number of amides is 1. The second kappa shape index (κ2) is 11.3. The van der Waals surface area contributed by atoms with Crippen LogP contribution in [0.5, 0.6) is 17.2 Å². The monoisotopic (exact) mass is 372 g/mol. The average molecular weight is 372 g/mol. The number of para-hydroxylation sites is 2. The van der Waals surface area contributed by atoms with Gasteiger partial charge in [0, 0.05) is 23.6 Å². The molecule has 0 aliphatic rings. The fourth-order valence-corrected chi connectivity index (χ4v) is 1.80. The van der Waals surface area contributed by atoms with Gasteiger partial charge in [0.05, 0.1) is 12.7 Å². The predicted molar refractivity (Wildman–Crippen MR) is 88.8 cm³/mol. The van der Waals surface area contributed by atoms with Gasteiger partial charge in [-0.05, 0) is 30.7 Å². The maximum atomic E-state index is 11.2. The van der Waals surface area contributed by atoms with Gasteiger partial charge < -0.3 is 26.0 Å². The van der Waals surface area contributed by atoms with Gasteiger partial charge in [0.15, 0.2) is 11.5 Å². The van der Waals surface area contributed by atoms with Gasteiger partial charge in [0.25, 0.3) is 5.91 Å². The molecule has 2 aromatic rings. The normalized spacial score (nSPS) is 9.12. The zero-order chi connectivity index (χ0) is 17.2. The predicted octanol–water partition coefficient (Wildman–Crippen LogP) is 3.09. The van der Waals surface area contributed by atoms with Gasteiger partial charge in [0.1, 0.15) is 5.75 Å². The van der Waals surface area contributed by atoms with E-state index in [1.54, 1.807) is 36.4 Å². The van der Waals surface area contributed by atoms with E-state index < -0.39 is 0 Å². The number of rotatable bonds is 4. The Morgan fingerprint density at radius 3 is 2.38 bits per heavy atom. The number of aromatic hydroxyl groups is 2. The Kier molecular flexibility index (Phi) is 10.3. The van der Waals surface area contributed by atoms with Crippen molar-refractivity contribution in [3.63, 3.8) is 0 Å². The minimum Gasteiger partial charge on any atom is -0.674 e. The molecule has 0 bridgehead atoms. The van der Waals surface area contributed by atoms with E-state index in [9.17, 15) is 15.0 Å². The largest absolute Gasteiger partial charge is 0.674 e. The molecule has 0 aliphatic carbocycles. The Hall–Kier alpha value is -2.21. The van der Waals surface area contributed by atoms with E-state index in [4.69, 9.17) is 10.5 Å². The van der Waals surface area contributed by atoms with Crippen molar-refractivity contribution < 1.29 is 36.8 Å². The van der Waals surface area contributed by atoms with E-state index >= 15 is 0 Å². The first-order valence-electron chi connectivity index (χ1n) is 7.10. The van der Waals surface area contributed by atoms with Gasteiger partial charge in [0.2, 0.25) is 0 Å². The van der Waals surface area contributed by atoms with Crippen LogP contribution in [0.15, 0.2) is 42.5 Å². The molecule has 2 aromatic carbocycles. The molecular formula is C17H21MnN2O4-. The fourth-order valence-electron chi connectivity index (χ4n) is 1.80. The molecule has 4 N–H and O–H groups in total. The van der Waals surface area contributed by atoms with Crippen LogP contribution in [0.25, 0.3) is 5.73 Å². The zero-order valence-electron chi connectivity index (χ0n) is 13.5. The van der Waals surface area contributed by atoms with E-state index in [0.717, 1.165) is 0 Å². The average Bonchev–Trinajstić information content (AvgIpc) is 2.56. The van der Waals surface area contributed by atoms with Crippen LogP contribution in [0.2, 0.25) is 0 Å². The molecule has 0 aliphatic heterocycles. The van der Waals surface area contributed by atoms with Crippen molar-refractivity contribution in [1.29, 1.82) is 0 Å². The Morgan fingerprint density at radius 2 is 1.83 bits per heavy atom. The van der Waals surface area contributed by atoms with E-state index in [0.29, 0.717) is 23.4 Å². The third kappa shape index (κ3) is 6.12. The van der Waals surface area contributed by atoms with Gasteiger partial charge in [-0.2, -0.15) is 0 Å². The molecule has 24 heavy (non-hydrogen) atoms. The van der Waals surface area contributed by atoms with Gasteiger partial charge in [-0.3, -0.25) is 4.79 Å². The van der Waals surface area contributed by atoms with Crippen LogP contribution in [-0.2, 0) is 23.6 Å². The van der Waals surface area contributed by atoms with Gasteiger partial charge >= 0.3 is 0 Å². The summed E-state index contributed by atoms with van der Waals surface area (Å²) in [5, 5.41) is 21.2. The fraction of sp³-hybridized carbons (Fsp3) is 0.235. The molecule has 2 rings (SSSR count). The number of carbonyl (C=O) groups excluding carboxylic acids is 1. The molecule has 0 atom stereocenters. The molecule has 0 fully saturated rings. The molecular weight excluding hydrogens is 351 g/mol. The molecule has 1 radical (unpaired) electrons. The number of methoxy groups -OCH3 is 1. The summed E-state index contributed by atoms with van der Waals surface area (Å²) in [4.78, 5) is 11.2. The second-order valence-corrected chi connectivity index (χ2v) is 4.52. The van der Waals surface area contributed by atoms with Crippen LogP contribution in [0.4, 0.5) is 0 Å². The smallest absolute Gasteiger partial charge is 0.255 e. The molecule has 0 aromatic heterocycles. The molecule has 131 valence electrons. The van der Waals surface area contributed by atoms with Crippen LogP contribution in [0, 0.1) is 0 Å². The van der Waals surface area contributed by atoms with Gasteiger partial charge in [-0.25, -0.2) is 0 Å². The summed E-state index contributed by atoms with van der Waals surface area (Å²) in [5.41, 5.74) is 7.95. The summed E-state index contributed by atoms with van der Waals surface area (Å²) in [6.07, 6.45) is 0. The third-order valence-electron chi connectivity index (χ3n) is 2.98. The summed E-state index contributed by atoms with van der Waals surface area (Å²) in [7, 11) is 1.49. The molecule has 0 spiro atoms. The second-order valence-electron chi connectivity index (χ2n) is 4.52. The first kappa shape index (κ1) is 21.8. The molecule has 1 amide bonds. The molecule has 0 saturated carbocycles. The Morgan fingerprint density at radius 1 is 1.17 bits per heavy atom. The number of hydrogen-bond acceptors (Lipinski definition) is 4. The maximum absolute atomic E-state index is 11.2. The molecule has 0 saturated heterocycles. The Labute approximate surface area is 152 Å². The summed E-state index contributed by atoms with van der Waals surface area (Å²) in [5.74, 6) is 0.277. The number of nitrogens with one attached hydrogen (secondary N) is 2. The Bertz CT molecular complexity index is 628. The summed E-state index contributed by atoms with van der Waals surface area (Å²) >= 11 is 0. The van der Waals surface area contributed by atoms with Crippen LogP contribution in [0.1, 0.15) is 22.8 Å². The van der Waals surface area contributed by atoms with Crippen LogP contribution in [0.3, 0.4) is 0 Å². The van der Waals surface area contributed by atoms with Crippen LogP contribution < -0.4 is 10.1 Å².